The van der Waals surface area contributed by atoms with Crippen LogP contribution in [-0.2, 0) is 0 Å². The van der Waals surface area contributed by atoms with E-state index in [0.717, 1.165) is 12.1 Å². The van der Waals surface area contributed by atoms with Crippen LogP contribution in [0.2, 0.25) is 0 Å². The zero-order valence-electron chi connectivity index (χ0n) is 8.21. The van der Waals surface area contributed by atoms with Crippen LogP contribution in [0.4, 0.5) is 11.4 Å². The molecule has 0 heterocycles. The van der Waals surface area contributed by atoms with Crippen molar-refractivity contribution in [2.24, 2.45) is 0 Å². The van der Waals surface area contributed by atoms with Crippen molar-refractivity contribution in [3.05, 3.63) is 38.4 Å². The molecule has 0 radical (unpaired) electrons. The fourth-order valence-corrected chi connectivity index (χ4v) is 0.854. The topological polar surface area (TPSA) is 107 Å². The Balaban J connectivity index is 0. The van der Waals surface area contributed by atoms with Crippen LogP contribution in [0, 0.1) is 20.2 Å². The molecule has 8 heteroatoms. The number of phenols is 1. The average Bonchev–Trinajstić information content (AvgIpc) is 2.02. The molecule has 1 aromatic rings. The Hall–Kier alpha value is -1.18. The molecular weight excluding hydrogens is 203 g/mol. The van der Waals surface area contributed by atoms with Gasteiger partial charge in [-0.1, -0.05) is 6.07 Å². The molecule has 0 aliphatic heterocycles. The zero-order valence-corrected chi connectivity index (χ0v) is 9.21. The van der Waals surface area contributed by atoms with E-state index >= 15 is 0 Å². The number of aromatic hydroxyl groups is 1. The van der Waals surface area contributed by atoms with E-state index in [-0.39, 0.29) is 31.0 Å². The van der Waals surface area contributed by atoms with Crippen molar-refractivity contribution in [1.82, 2.24) is 0 Å². The summed E-state index contributed by atoms with van der Waals surface area (Å²) in [7, 11) is 0. The van der Waals surface area contributed by atoms with Gasteiger partial charge in [-0.25, -0.2) is 0 Å². The van der Waals surface area contributed by atoms with Crippen LogP contribution in [0.25, 0.3) is 0 Å². The van der Waals surface area contributed by atoms with Gasteiger partial charge in [-0.2, -0.15) is 0 Å². The molecular formula is C6H5N2NaO5. The van der Waals surface area contributed by atoms with Gasteiger partial charge in [0, 0.05) is 6.07 Å². The van der Waals surface area contributed by atoms with Crippen molar-refractivity contribution < 1.29 is 45.9 Å². The second kappa shape index (κ2) is 4.89. The molecule has 0 bridgehead atoms. The number of nitrogens with zero attached hydrogens (tertiary/aromatic N) is 2. The van der Waals surface area contributed by atoms with Crippen LogP contribution in [0.5, 0.6) is 5.75 Å². The molecule has 70 valence electrons. The van der Waals surface area contributed by atoms with Crippen LogP contribution in [-0.4, -0.2) is 15.0 Å². The summed E-state index contributed by atoms with van der Waals surface area (Å²) in [5, 5.41) is 29.5. The van der Waals surface area contributed by atoms with Crippen molar-refractivity contribution in [3.8, 4) is 5.75 Å². The molecule has 0 amide bonds. The Morgan fingerprint density at radius 2 is 1.79 bits per heavy atom. The Morgan fingerprint density at radius 3 is 2.14 bits per heavy atom. The maximum absolute atomic E-state index is 10.3. The third kappa shape index (κ3) is 2.41. The quantitative estimate of drug-likeness (QED) is 0.355. The number of nitro groups is 2. The van der Waals surface area contributed by atoms with Crippen LogP contribution in [0.3, 0.4) is 0 Å². The zero-order chi connectivity index (χ0) is 10.0. The number of nitro benzene ring substituents is 2. The monoisotopic (exact) mass is 208 g/mol. The minimum atomic E-state index is -0.993. The van der Waals surface area contributed by atoms with Gasteiger partial charge in [0.2, 0.25) is 5.75 Å². The molecule has 0 aromatic heterocycles. The summed E-state index contributed by atoms with van der Waals surface area (Å²) in [5.41, 5.74) is -1.60. The van der Waals surface area contributed by atoms with E-state index in [2.05, 4.69) is 0 Å². The third-order valence-electron chi connectivity index (χ3n) is 1.37. The Labute approximate surface area is 101 Å². The van der Waals surface area contributed by atoms with E-state index in [4.69, 9.17) is 5.11 Å². The summed E-state index contributed by atoms with van der Waals surface area (Å²) in [4.78, 5) is 18.6. The van der Waals surface area contributed by atoms with Crippen LogP contribution in [0.1, 0.15) is 1.43 Å². The first-order chi connectivity index (χ1) is 6.04. The second-order valence-electron chi connectivity index (χ2n) is 2.16. The minimum absolute atomic E-state index is 0. The molecule has 0 atom stereocenters. The summed E-state index contributed by atoms with van der Waals surface area (Å²) >= 11 is 0. The SMILES string of the molecule is O=[N+]([O-])c1cccc(O)c1[N+](=O)[O-].[H-].[Na+]. The van der Waals surface area contributed by atoms with Crippen molar-refractivity contribution in [2.75, 3.05) is 0 Å². The fraction of sp³-hybridized carbons (Fsp3) is 0. The molecule has 0 aliphatic carbocycles. The average molecular weight is 208 g/mol. The number of rotatable bonds is 2. The van der Waals surface area contributed by atoms with Crippen LogP contribution >= 0.6 is 0 Å². The summed E-state index contributed by atoms with van der Waals surface area (Å²) < 4.78 is 0. The van der Waals surface area contributed by atoms with E-state index in [1.807, 2.05) is 0 Å². The first-order valence-corrected chi connectivity index (χ1v) is 3.15. The molecule has 7 nitrogen and oxygen atoms in total. The van der Waals surface area contributed by atoms with Crippen molar-refractivity contribution >= 4 is 11.4 Å². The van der Waals surface area contributed by atoms with Gasteiger partial charge in [-0.15, -0.1) is 0 Å². The molecule has 1 aromatic carbocycles. The number of hydrogen-bond donors (Lipinski definition) is 1. The van der Waals surface area contributed by atoms with Gasteiger partial charge in [0.05, 0.1) is 9.85 Å². The minimum Gasteiger partial charge on any atom is -1.00 e. The Kier molecular flexibility index (Phi) is 4.48. The summed E-state index contributed by atoms with van der Waals surface area (Å²) in [5.74, 6) is -0.709. The molecule has 0 saturated heterocycles. The first kappa shape index (κ1) is 12.8. The van der Waals surface area contributed by atoms with Crippen molar-refractivity contribution in [1.29, 1.82) is 0 Å². The van der Waals surface area contributed by atoms with Gasteiger partial charge < -0.3 is 6.53 Å². The molecule has 0 saturated carbocycles. The Bertz CT molecular complexity index is 386. The molecule has 1 rings (SSSR count). The van der Waals surface area contributed by atoms with E-state index in [0.29, 0.717) is 0 Å². The van der Waals surface area contributed by atoms with E-state index < -0.39 is 27.0 Å². The standard InChI is InChI=1S/C6H4N2O5.Na.H/c9-5-3-1-2-4(7(10)11)6(5)8(12)13;;/h1-3,9H;;/q;+1;-1. The van der Waals surface area contributed by atoms with Crippen LogP contribution < -0.4 is 29.6 Å². The van der Waals surface area contributed by atoms with E-state index in [1.165, 1.54) is 6.07 Å². The van der Waals surface area contributed by atoms with Crippen molar-refractivity contribution in [3.63, 3.8) is 0 Å². The Morgan fingerprint density at radius 1 is 1.21 bits per heavy atom. The van der Waals surface area contributed by atoms with Crippen molar-refractivity contribution in [2.45, 2.75) is 0 Å². The summed E-state index contributed by atoms with van der Waals surface area (Å²) in [6.07, 6.45) is 0. The predicted octanol–water partition coefficient (Wildman–Crippen LogP) is -1.67. The number of hydrogen-bond acceptors (Lipinski definition) is 5. The van der Waals surface area contributed by atoms with Crippen LogP contribution in [0.15, 0.2) is 18.2 Å². The van der Waals surface area contributed by atoms with E-state index in [1.54, 1.807) is 0 Å². The fourth-order valence-electron chi connectivity index (χ4n) is 0.854. The van der Waals surface area contributed by atoms with Gasteiger partial charge in [0.1, 0.15) is 0 Å². The van der Waals surface area contributed by atoms with Gasteiger partial charge in [0.25, 0.3) is 0 Å². The molecule has 14 heavy (non-hydrogen) atoms. The number of phenolic OH excluding ortho intramolecular Hbond substituents is 1. The van der Waals surface area contributed by atoms with Gasteiger partial charge in [-0.3, -0.25) is 20.2 Å². The predicted molar refractivity (Wildman–Crippen MR) is 42.5 cm³/mol. The van der Waals surface area contributed by atoms with Gasteiger partial charge in [0.15, 0.2) is 0 Å². The third-order valence-corrected chi connectivity index (χ3v) is 1.37. The van der Waals surface area contributed by atoms with E-state index in [9.17, 15) is 20.2 Å². The molecule has 0 spiro atoms. The largest absolute Gasteiger partial charge is 1.00 e. The summed E-state index contributed by atoms with van der Waals surface area (Å²) in [6.45, 7) is 0. The number of para-hydroxylation sites is 1. The smallest absolute Gasteiger partial charge is 1.00 e. The first-order valence-electron chi connectivity index (χ1n) is 3.15. The maximum Gasteiger partial charge on any atom is 1.00 e. The summed E-state index contributed by atoms with van der Waals surface area (Å²) in [6, 6.07) is 3.14. The second-order valence-corrected chi connectivity index (χ2v) is 2.16. The maximum atomic E-state index is 10.3. The normalized spacial score (nSPS) is 8.86. The molecule has 0 aliphatic rings. The van der Waals surface area contributed by atoms with Gasteiger partial charge in [-0.05, 0) is 6.07 Å². The van der Waals surface area contributed by atoms with Gasteiger partial charge >= 0.3 is 40.9 Å². The molecule has 1 N–H and O–H groups in total. The number of benzene rings is 1. The molecule has 0 fully saturated rings. The molecule has 0 unspecified atom stereocenters.